The van der Waals surface area contributed by atoms with Crippen LogP contribution in [-0.2, 0) is 6.54 Å². The van der Waals surface area contributed by atoms with Crippen LogP contribution in [0, 0.1) is 12.8 Å². The van der Waals surface area contributed by atoms with Crippen molar-refractivity contribution in [2.75, 3.05) is 13.1 Å². The number of fused-ring (bicyclic) bond motifs is 5. The molecule has 2 atom stereocenters. The van der Waals surface area contributed by atoms with Crippen LogP contribution in [0.25, 0.3) is 16.8 Å². The van der Waals surface area contributed by atoms with Gasteiger partial charge in [-0.05, 0) is 54.6 Å². The number of aryl methyl sites for hydroxylation is 1. The number of piperidine rings is 1. The minimum absolute atomic E-state index is 0. The van der Waals surface area contributed by atoms with E-state index >= 15 is 0 Å². The van der Waals surface area contributed by atoms with Gasteiger partial charge in [0.25, 0.3) is 5.56 Å². The summed E-state index contributed by atoms with van der Waals surface area (Å²) in [6, 6.07) is 6.13. The van der Waals surface area contributed by atoms with E-state index in [1.807, 2.05) is 21.4 Å². The summed E-state index contributed by atoms with van der Waals surface area (Å²) in [5.41, 5.74) is 5.48. The van der Waals surface area contributed by atoms with Crippen molar-refractivity contribution in [2.45, 2.75) is 25.8 Å². The maximum Gasteiger partial charge on any atom is 0.251 e. The number of nitrogens with zero attached hydrogens (tertiary/aromatic N) is 3. The Bertz CT molecular complexity index is 1010. The maximum atomic E-state index is 12.7. The molecule has 5 heterocycles. The number of hydrogen-bond donors (Lipinski definition) is 1. The molecule has 1 N–H and O–H groups in total. The molecule has 5 nitrogen and oxygen atoms in total. The molecule has 2 aliphatic heterocycles. The number of rotatable bonds is 1. The summed E-state index contributed by atoms with van der Waals surface area (Å²) in [5.74, 6) is 1.03. The molecule has 0 saturated carbocycles. The van der Waals surface area contributed by atoms with Crippen molar-refractivity contribution < 1.29 is 0 Å². The zero-order valence-electron chi connectivity index (χ0n) is 14.5. The molecular formula is C19H22Cl2N4O. The second-order valence-corrected chi connectivity index (χ2v) is 7.14. The Hall–Kier alpha value is -1.82. The Labute approximate surface area is 164 Å². The van der Waals surface area contributed by atoms with Gasteiger partial charge in [0, 0.05) is 49.4 Å². The van der Waals surface area contributed by atoms with Gasteiger partial charge < -0.3 is 14.3 Å². The monoisotopic (exact) mass is 392 g/mol. The molecule has 0 spiro atoms. The Balaban J connectivity index is 0.000000980. The minimum atomic E-state index is 0. The lowest BCUT2D eigenvalue weighted by atomic mass is 9.83. The average molecular weight is 393 g/mol. The first-order chi connectivity index (χ1) is 11.7. The zero-order chi connectivity index (χ0) is 16.3. The van der Waals surface area contributed by atoms with Crippen LogP contribution >= 0.6 is 24.8 Å². The van der Waals surface area contributed by atoms with E-state index in [1.165, 1.54) is 12.1 Å². The Morgan fingerprint density at radius 2 is 2.00 bits per heavy atom. The summed E-state index contributed by atoms with van der Waals surface area (Å²) in [4.78, 5) is 17.1. The van der Waals surface area contributed by atoms with Crippen molar-refractivity contribution in [3.63, 3.8) is 0 Å². The summed E-state index contributed by atoms with van der Waals surface area (Å²) >= 11 is 0. The fourth-order valence-electron chi connectivity index (χ4n) is 4.34. The second kappa shape index (κ2) is 7.06. The number of hydrogen-bond acceptors (Lipinski definition) is 3. The third-order valence-electron chi connectivity index (χ3n) is 5.47. The van der Waals surface area contributed by atoms with Gasteiger partial charge in [-0.25, -0.2) is 4.98 Å². The Kier molecular flexibility index (Phi) is 5.15. The first-order valence-corrected chi connectivity index (χ1v) is 8.58. The van der Waals surface area contributed by atoms with E-state index in [-0.39, 0.29) is 30.4 Å². The third-order valence-corrected chi connectivity index (χ3v) is 5.47. The number of aromatic nitrogens is 3. The van der Waals surface area contributed by atoms with Crippen molar-refractivity contribution in [3.05, 3.63) is 58.4 Å². The van der Waals surface area contributed by atoms with Gasteiger partial charge in [0.2, 0.25) is 0 Å². The van der Waals surface area contributed by atoms with E-state index in [9.17, 15) is 4.79 Å². The van der Waals surface area contributed by atoms with Crippen LogP contribution in [0.5, 0.6) is 0 Å². The summed E-state index contributed by atoms with van der Waals surface area (Å²) < 4.78 is 4.02. The van der Waals surface area contributed by atoms with Crippen LogP contribution in [0.4, 0.5) is 0 Å². The maximum absolute atomic E-state index is 12.7. The molecule has 138 valence electrons. The molecule has 0 aliphatic carbocycles. The molecule has 0 unspecified atom stereocenters. The Morgan fingerprint density at radius 3 is 2.85 bits per heavy atom. The molecule has 5 rings (SSSR count). The fourth-order valence-corrected chi connectivity index (χ4v) is 4.34. The molecule has 0 radical (unpaired) electrons. The largest absolute Gasteiger partial charge is 0.316 e. The van der Waals surface area contributed by atoms with E-state index in [0.717, 1.165) is 42.0 Å². The SMILES string of the molecule is Cc1cc(-c2cc3n(c(=O)c2)C[C@@H]2CNC[C@H]3C2)cn2ccnc12.Cl.Cl. The van der Waals surface area contributed by atoms with E-state index in [1.54, 1.807) is 6.07 Å². The van der Waals surface area contributed by atoms with E-state index in [0.29, 0.717) is 11.8 Å². The van der Waals surface area contributed by atoms with Crippen LogP contribution in [0.1, 0.15) is 23.6 Å². The molecular weight excluding hydrogens is 371 g/mol. The Morgan fingerprint density at radius 1 is 1.15 bits per heavy atom. The van der Waals surface area contributed by atoms with E-state index in [2.05, 4.69) is 35.6 Å². The minimum Gasteiger partial charge on any atom is -0.316 e. The van der Waals surface area contributed by atoms with Crippen LogP contribution in [-0.4, -0.2) is 27.0 Å². The lowest BCUT2D eigenvalue weighted by Crippen LogP contribution is -2.44. The molecule has 0 amide bonds. The standard InChI is InChI=1S/C19H20N4O.2ClH/c1-12-4-16(11-22-3-2-21-19(12)22)14-6-17-15-5-13(8-20-9-15)10-23(17)18(24)7-14;;/h2-4,6-7,11,13,15,20H,5,8-10H2,1H3;2*1H/t13-,15+;;/m0../s1. The van der Waals surface area contributed by atoms with Gasteiger partial charge in [0.1, 0.15) is 5.65 Å². The second-order valence-electron chi connectivity index (χ2n) is 7.14. The summed E-state index contributed by atoms with van der Waals surface area (Å²) in [5, 5.41) is 3.51. The summed E-state index contributed by atoms with van der Waals surface area (Å²) in [6.07, 6.45) is 7.01. The van der Waals surface area contributed by atoms with Crippen LogP contribution in [0.3, 0.4) is 0 Å². The third kappa shape index (κ3) is 2.94. The average Bonchev–Trinajstić information content (AvgIpc) is 3.05. The van der Waals surface area contributed by atoms with E-state index < -0.39 is 0 Å². The van der Waals surface area contributed by atoms with Gasteiger partial charge in [0.15, 0.2) is 0 Å². The molecule has 2 aliphatic rings. The highest BCUT2D eigenvalue weighted by atomic mass is 35.5. The van der Waals surface area contributed by atoms with Crippen LogP contribution in [0.2, 0.25) is 0 Å². The van der Waals surface area contributed by atoms with Crippen molar-refractivity contribution in [1.29, 1.82) is 0 Å². The smallest absolute Gasteiger partial charge is 0.251 e. The molecule has 26 heavy (non-hydrogen) atoms. The van der Waals surface area contributed by atoms with E-state index in [4.69, 9.17) is 0 Å². The fraction of sp³-hybridized carbons (Fsp3) is 0.368. The number of pyridine rings is 2. The number of nitrogens with one attached hydrogen (secondary N) is 1. The molecule has 3 aromatic heterocycles. The first-order valence-electron chi connectivity index (χ1n) is 8.58. The van der Waals surface area contributed by atoms with Crippen LogP contribution < -0.4 is 10.9 Å². The zero-order valence-corrected chi connectivity index (χ0v) is 16.1. The normalized spacial score (nSPS) is 20.8. The molecule has 1 fully saturated rings. The lowest BCUT2D eigenvalue weighted by molar-refractivity contribution is 0.257. The van der Waals surface area contributed by atoms with Gasteiger partial charge in [-0.3, -0.25) is 4.79 Å². The van der Waals surface area contributed by atoms with Crippen molar-refractivity contribution >= 4 is 30.5 Å². The molecule has 7 heteroatoms. The predicted octanol–water partition coefficient (Wildman–Crippen LogP) is 3.02. The number of imidazole rings is 1. The molecule has 2 bridgehead atoms. The van der Waals surface area contributed by atoms with Gasteiger partial charge in [0.05, 0.1) is 0 Å². The van der Waals surface area contributed by atoms with Gasteiger partial charge in [-0.15, -0.1) is 24.8 Å². The van der Waals surface area contributed by atoms with Gasteiger partial charge in [-0.1, -0.05) is 0 Å². The molecule has 1 saturated heterocycles. The predicted molar refractivity (Wildman–Crippen MR) is 108 cm³/mol. The lowest BCUT2D eigenvalue weighted by Gasteiger charge is -2.37. The summed E-state index contributed by atoms with van der Waals surface area (Å²) in [7, 11) is 0. The van der Waals surface area contributed by atoms with Crippen LogP contribution in [0.15, 0.2) is 41.6 Å². The molecule has 3 aromatic rings. The quantitative estimate of drug-likeness (QED) is 0.692. The molecule has 0 aromatic carbocycles. The topological polar surface area (TPSA) is 51.3 Å². The number of halogens is 2. The van der Waals surface area contributed by atoms with Crippen molar-refractivity contribution in [1.82, 2.24) is 19.3 Å². The summed E-state index contributed by atoms with van der Waals surface area (Å²) in [6.45, 7) is 4.91. The highest BCUT2D eigenvalue weighted by molar-refractivity contribution is 5.85. The van der Waals surface area contributed by atoms with Gasteiger partial charge >= 0.3 is 0 Å². The highest BCUT2D eigenvalue weighted by Crippen LogP contribution is 2.34. The first kappa shape index (κ1) is 19.0. The van der Waals surface area contributed by atoms with Crippen molar-refractivity contribution in [3.8, 4) is 11.1 Å². The highest BCUT2D eigenvalue weighted by Gasteiger charge is 2.31. The van der Waals surface area contributed by atoms with Gasteiger partial charge in [-0.2, -0.15) is 0 Å². The van der Waals surface area contributed by atoms with Crippen molar-refractivity contribution in [2.24, 2.45) is 5.92 Å².